The average molecular weight is 429 g/mol. The summed E-state index contributed by atoms with van der Waals surface area (Å²) in [7, 11) is 0. The van der Waals surface area contributed by atoms with Crippen molar-refractivity contribution >= 4 is 40.7 Å². The molecule has 0 aromatic heterocycles. The molecule has 2 N–H and O–H groups in total. The summed E-state index contributed by atoms with van der Waals surface area (Å²) >= 11 is 12.5. The predicted octanol–water partition coefficient (Wildman–Crippen LogP) is 5.05. The number of rotatable bonds is 2. The smallest absolute Gasteiger partial charge is 0.237 e. The molecule has 1 spiro atoms. The molecular weight excluding hydrogens is 407 g/mol. The van der Waals surface area contributed by atoms with Crippen LogP contribution in [0.25, 0.3) is 0 Å². The molecule has 4 nitrogen and oxygen atoms in total. The molecule has 3 aliphatic rings. The molecule has 2 heterocycles. The van der Waals surface area contributed by atoms with E-state index >= 15 is 0 Å². The number of amides is 2. The lowest BCUT2D eigenvalue weighted by molar-refractivity contribution is -0.132. The number of nitrogens with one attached hydrogen (secondary N) is 2. The van der Waals surface area contributed by atoms with Crippen LogP contribution in [0.2, 0.25) is 10.0 Å². The van der Waals surface area contributed by atoms with Gasteiger partial charge in [-0.2, -0.15) is 0 Å². The molecule has 1 saturated heterocycles. The zero-order chi connectivity index (χ0) is 20.2. The zero-order valence-electron chi connectivity index (χ0n) is 15.9. The van der Waals surface area contributed by atoms with Gasteiger partial charge in [0, 0.05) is 28.1 Å². The number of hydrogen-bond acceptors (Lipinski definition) is 2. The summed E-state index contributed by atoms with van der Waals surface area (Å²) in [6, 6.07) is 12.9. The van der Waals surface area contributed by atoms with Gasteiger partial charge in [-0.05, 0) is 54.2 Å². The standard InChI is InChI=1S/C23H22Cl2N2O2/c24-15-7-3-6-14(10-15)18-12-20(28)27-21(13-4-1-2-5-13)23(18)17-9-8-16(25)11-19(17)26-22(23)29/h3,6-11,13,18,21H,1-2,4-5,12H2,(H,26,29)(H,27,28). The predicted molar refractivity (Wildman–Crippen MR) is 114 cm³/mol. The van der Waals surface area contributed by atoms with Crippen LogP contribution in [0.3, 0.4) is 0 Å². The molecule has 5 rings (SSSR count). The largest absolute Gasteiger partial charge is 0.352 e. The Kier molecular flexibility index (Phi) is 4.60. The van der Waals surface area contributed by atoms with E-state index < -0.39 is 5.41 Å². The first-order valence-corrected chi connectivity index (χ1v) is 10.9. The molecule has 1 saturated carbocycles. The molecule has 3 unspecified atom stereocenters. The summed E-state index contributed by atoms with van der Waals surface area (Å²) in [5.74, 6) is -0.0827. The van der Waals surface area contributed by atoms with E-state index in [1.165, 1.54) is 0 Å². The molecule has 150 valence electrons. The first-order chi connectivity index (χ1) is 14.0. The molecule has 0 bridgehead atoms. The van der Waals surface area contributed by atoms with Gasteiger partial charge in [-0.3, -0.25) is 9.59 Å². The summed E-state index contributed by atoms with van der Waals surface area (Å²) in [6.07, 6.45) is 4.55. The van der Waals surface area contributed by atoms with E-state index in [2.05, 4.69) is 10.6 Å². The van der Waals surface area contributed by atoms with E-state index in [1.807, 2.05) is 36.4 Å². The van der Waals surface area contributed by atoms with Crippen molar-refractivity contribution in [1.82, 2.24) is 5.32 Å². The third kappa shape index (κ3) is 2.88. The van der Waals surface area contributed by atoms with Crippen LogP contribution in [-0.4, -0.2) is 17.9 Å². The molecule has 2 aromatic carbocycles. The number of carbonyl (C=O) groups is 2. The molecule has 6 heteroatoms. The Hall–Kier alpha value is -2.04. The first kappa shape index (κ1) is 19.0. The molecule has 1 aliphatic carbocycles. The highest BCUT2D eigenvalue weighted by atomic mass is 35.5. The van der Waals surface area contributed by atoms with Gasteiger partial charge >= 0.3 is 0 Å². The highest BCUT2D eigenvalue weighted by Gasteiger charge is 2.62. The molecule has 2 aliphatic heterocycles. The van der Waals surface area contributed by atoms with Gasteiger partial charge in [0.25, 0.3) is 0 Å². The third-order valence-corrected chi connectivity index (χ3v) is 7.39. The molecule has 3 atom stereocenters. The van der Waals surface area contributed by atoms with Gasteiger partial charge in [0.2, 0.25) is 11.8 Å². The van der Waals surface area contributed by atoms with Crippen molar-refractivity contribution in [3.63, 3.8) is 0 Å². The quantitative estimate of drug-likeness (QED) is 0.702. The van der Waals surface area contributed by atoms with Crippen molar-refractivity contribution < 1.29 is 9.59 Å². The Morgan fingerprint density at radius 3 is 2.48 bits per heavy atom. The fourth-order valence-corrected chi connectivity index (χ4v) is 6.15. The second-order valence-corrected chi connectivity index (χ2v) is 9.29. The van der Waals surface area contributed by atoms with Gasteiger partial charge in [0.05, 0.1) is 6.04 Å². The van der Waals surface area contributed by atoms with Crippen LogP contribution in [0.5, 0.6) is 0 Å². The van der Waals surface area contributed by atoms with Gasteiger partial charge in [-0.15, -0.1) is 0 Å². The lowest BCUT2D eigenvalue weighted by Crippen LogP contribution is -2.64. The van der Waals surface area contributed by atoms with Crippen LogP contribution in [0.15, 0.2) is 42.5 Å². The molecule has 2 amide bonds. The summed E-state index contributed by atoms with van der Waals surface area (Å²) in [5, 5.41) is 7.49. The second kappa shape index (κ2) is 7.03. The van der Waals surface area contributed by atoms with Crippen LogP contribution in [0, 0.1) is 5.92 Å². The Balaban J connectivity index is 1.75. The van der Waals surface area contributed by atoms with E-state index in [-0.39, 0.29) is 36.1 Å². The molecule has 0 radical (unpaired) electrons. The highest BCUT2D eigenvalue weighted by molar-refractivity contribution is 6.31. The van der Waals surface area contributed by atoms with Gasteiger partial charge in [-0.1, -0.05) is 54.2 Å². The topological polar surface area (TPSA) is 58.2 Å². The lowest BCUT2D eigenvalue weighted by Gasteiger charge is -2.48. The number of carbonyl (C=O) groups excluding carboxylic acids is 2. The van der Waals surface area contributed by atoms with Gasteiger partial charge in [-0.25, -0.2) is 0 Å². The maximum absolute atomic E-state index is 13.7. The number of hydrogen-bond donors (Lipinski definition) is 2. The van der Waals surface area contributed by atoms with Crippen LogP contribution >= 0.6 is 23.2 Å². The lowest BCUT2D eigenvalue weighted by atomic mass is 9.58. The Morgan fingerprint density at radius 2 is 1.72 bits per heavy atom. The summed E-state index contributed by atoms with van der Waals surface area (Å²) in [6.45, 7) is 0. The van der Waals surface area contributed by atoms with Gasteiger partial charge in [0.15, 0.2) is 0 Å². The monoisotopic (exact) mass is 428 g/mol. The summed E-state index contributed by atoms with van der Waals surface area (Å²) in [5.41, 5.74) is 1.73. The van der Waals surface area contributed by atoms with E-state index in [4.69, 9.17) is 23.2 Å². The van der Waals surface area contributed by atoms with Crippen LogP contribution in [0.4, 0.5) is 5.69 Å². The number of anilines is 1. The first-order valence-electron chi connectivity index (χ1n) is 10.2. The number of benzene rings is 2. The van der Waals surface area contributed by atoms with Crippen molar-refractivity contribution in [1.29, 1.82) is 0 Å². The zero-order valence-corrected chi connectivity index (χ0v) is 17.4. The van der Waals surface area contributed by atoms with E-state index in [0.717, 1.165) is 42.5 Å². The van der Waals surface area contributed by atoms with E-state index in [0.29, 0.717) is 10.0 Å². The summed E-state index contributed by atoms with van der Waals surface area (Å²) in [4.78, 5) is 26.5. The normalized spacial score (nSPS) is 29.0. The van der Waals surface area contributed by atoms with Crippen LogP contribution < -0.4 is 10.6 Å². The van der Waals surface area contributed by atoms with Crippen LogP contribution in [0.1, 0.15) is 49.1 Å². The number of piperidine rings is 1. The van der Waals surface area contributed by atoms with Crippen LogP contribution in [-0.2, 0) is 15.0 Å². The fourth-order valence-electron chi connectivity index (χ4n) is 5.78. The van der Waals surface area contributed by atoms with E-state index in [1.54, 1.807) is 6.07 Å². The maximum atomic E-state index is 13.7. The van der Waals surface area contributed by atoms with Crippen molar-refractivity contribution in [2.75, 3.05) is 5.32 Å². The van der Waals surface area contributed by atoms with Crippen molar-refractivity contribution in [2.45, 2.75) is 49.5 Å². The fraction of sp³-hybridized carbons (Fsp3) is 0.391. The minimum atomic E-state index is -0.868. The molecule has 29 heavy (non-hydrogen) atoms. The minimum absolute atomic E-state index is 0.00675. The molecule has 2 fully saturated rings. The average Bonchev–Trinajstić information content (AvgIpc) is 3.31. The Labute approximate surface area is 180 Å². The SMILES string of the molecule is O=C1CC(c2cccc(Cl)c2)C2(C(=O)Nc3cc(Cl)ccc32)C(C2CCCC2)N1. The van der Waals surface area contributed by atoms with Gasteiger partial charge < -0.3 is 10.6 Å². The Morgan fingerprint density at radius 1 is 0.966 bits per heavy atom. The van der Waals surface area contributed by atoms with Crippen molar-refractivity contribution in [2.24, 2.45) is 5.92 Å². The second-order valence-electron chi connectivity index (χ2n) is 8.41. The minimum Gasteiger partial charge on any atom is -0.352 e. The molecular formula is C23H22Cl2N2O2. The number of halogens is 2. The van der Waals surface area contributed by atoms with Gasteiger partial charge in [0.1, 0.15) is 5.41 Å². The number of fused-ring (bicyclic) bond motifs is 2. The summed E-state index contributed by atoms with van der Waals surface area (Å²) < 4.78 is 0. The van der Waals surface area contributed by atoms with E-state index in [9.17, 15) is 9.59 Å². The highest BCUT2D eigenvalue weighted by Crippen LogP contribution is 2.56. The maximum Gasteiger partial charge on any atom is 0.237 e. The molecule has 2 aromatic rings. The Bertz CT molecular complexity index is 1000. The third-order valence-electron chi connectivity index (χ3n) is 6.92. The van der Waals surface area contributed by atoms with Crippen molar-refractivity contribution in [3.8, 4) is 0 Å². The van der Waals surface area contributed by atoms with Crippen molar-refractivity contribution in [3.05, 3.63) is 63.6 Å².